The molecule has 3 heteroatoms. The maximum absolute atomic E-state index is 13.1. The molecular formula is C29H27O2S+. The van der Waals surface area contributed by atoms with Gasteiger partial charge in [-0.15, -0.1) is 0 Å². The number of esters is 1. The van der Waals surface area contributed by atoms with Gasteiger partial charge in [0.15, 0.2) is 14.7 Å². The summed E-state index contributed by atoms with van der Waals surface area (Å²) in [6.45, 7) is 5.91. The van der Waals surface area contributed by atoms with E-state index in [0.717, 1.165) is 16.0 Å². The third-order valence-electron chi connectivity index (χ3n) is 5.32. The predicted molar refractivity (Wildman–Crippen MR) is 131 cm³/mol. The van der Waals surface area contributed by atoms with Crippen LogP contribution < -0.4 is 0 Å². The minimum atomic E-state index is -0.723. The summed E-state index contributed by atoms with van der Waals surface area (Å²) in [4.78, 5) is 16.7. The Bertz CT molecular complexity index is 1160. The summed E-state index contributed by atoms with van der Waals surface area (Å²) in [5, 5.41) is 0. The molecule has 0 aliphatic carbocycles. The molecule has 0 heterocycles. The van der Waals surface area contributed by atoms with Crippen LogP contribution in [0.2, 0.25) is 0 Å². The van der Waals surface area contributed by atoms with Gasteiger partial charge in [-0.1, -0.05) is 72.3 Å². The first kappa shape index (κ1) is 21.9. The number of hydrogen-bond donors (Lipinski definition) is 0. The Balaban J connectivity index is 1.66. The number of rotatable bonds is 6. The minimum Gasteiger partial charge on any atom is -0.451 e. The maximum atomic E-state index is 13.1. The van der Waals surface area contributed by atoms with Crippen LogP contribution in [0.4, 0.5) is 0 Å². The molecule has 0 fully saturated rings. The number of hydrogen-bond acceptors (Lipinski definition) is 2. The van der Waals surface area contributed by atoms with E-state index >= 15 is 0 Å². The third kappa shape index (κ3) is 4.95. The van der Waals surface area contributed by atoms with Gasteiger partial charge < -0.3 is 4.74 Å². The summed E-state index contributed by atoms with van der Waals surface area (Å²) in [6, 6.07) is 36.8. The predicted octanol–water partition coefficient (Wildman–Crippen LogP) is 7.18. The zero-order valence-electron chi connectivity index (χ0n) is 18.6. The zero-order chi connectivity index (χ0) is 22.6. The van der Waals surface area contributed by atoms with Crippen LogP contribution in [-0.2, 0) is 21.2 Å². The standard InChI is InChI=1S/C29H27O2S/c1-22-12-10-14-24(20-22)29(2,3)31-28(30)23-13-11-19-27(21-23)32(25-15-6-4-7-16-25)26-17-8-5-9-18-26/h4-21H,1-3H3/q+1. The van der Waals surface area contributed by atoms with Crippen LogP contribution in [0.5, 0.6) is 0 Å². The van der Waals surface area contributed by atoms with E-state index in [4.69, 9.17) is 4.74 Å². The molecule has 0 saturated carbocycles. The Morgan fingerprint density at radius 2 is 1.25 bits per heavy atom. The van der Waals surface area contributed by atoms with Crippen LogP contribution in [-0.4, -0.2) is 5.97 Å². The molecule has 4 rings (SSSR count). The topological polar surface area (TPSA) is 26.3 Å². The van der Waals surface area contributed by atoms with Crippen LogP contribution in [0.1, 0.15) is 35.3 Å². The molecule has 0 aromatic heterocycles. The molecule has 2 nitrogen and oxygen atoms in total. The maximum Gasteiger partial charge on any atom is 0.339 e. The molecule has 4 aromatic rings. The lowest BCUT2D eigenvalue weighted by atomic mass is 9.96. The second kappa shape index (κ2) is 9.46. The fraction of sp³-hybridized carbons (Fsp3) is 0.138. The van der Waals surface area contributed by atoms with Gasteiger partial charge in [-0.2, -0.15) is 0 Å². The van der Waals surface area contributed by atoms with Crippen molar-refractivity contribution in [3.63, 3.8) is 0 Å². The fourth-order valence-electron chi connectivity index (χ4n) is 3.64. The molecule has 4 aromatic carbocycles. The van der Waals surface area contributed by atoms with Gasteiger partial charge in [0, 0.05) is 6.07 Å². The summed E-state index contributed by atoms with van der Waals surface area (Å²) in [5.74, 6) is -0.317. The van der Waals surface area contributed by atoms with Gasteiger partial charge in [-0.05, 0) is 62.7 Å². The highest BCUT2D eigenvalue weighted by Gasteiger charge is 2.31. The third-order valence-corrected chi connectivity index (χ3v) is 7.54. The van der Waals surface area contributed by atoms with Crippen molar-refractivity contribution < 1.29 is 9.53 Å². The van der Waals surface area contributed by atoms with Crippen LogP contribution in [0, 0.1) is 6.92 Å². The van der Waals surface area contributed by atoms with Crippen molar-refractivity contribution in [1.29, 1.82) is 0 Å². The molecule has 0 saturated heterocycles. The minimum absolute atomic E-state index is 0.311. The summed E-state index contributed by atoms with van der Waals surface area (Å²) in [6.07, 6.45) is 0. The van der Waals surface area contributed by atoms with E-state index in [1.165, 1.54) is 9.79 Å². The van der Waals surface area contributed by atoms with E-state index in [2.05, 4.69) is 60.7 Å². The highest BCUT2D eigenvalue weighted by atomic mass is 32.2. The van der Waals surface area contributed by atoms with E-state index in [-0.39, 0.29) is 16.9 Å². The molecule has 0 atom stereocenters. The van der Waals surface area contributed by atoms with Crippen LogP contribution in [0.25, 0.3) is 0 Å². The summed E-state index contributed by atoms with van der Waals surface area (Å²) >= 11 is 0. The SMILES string of the molecule is Cc1cccc(C(C)(C)OC(=O)c2cccc([S+](c3ccccc3)c3ccccc3)c2)c1. The highest BCUT2D eigenvalue weighted by molar-refractivity contribution is 7.97. The van der Waals surface area contributed by atoms with E-state index in [1.807, 2.05) is 69.3 Å². The first-order valence-electron chi connectivity index (χ1n) is 10.7. The largest absolute Gasteiger partial charge is 0.451 e. The number of carbonyl (C=O) groups is 1. The van der Waals surface area contributed by atoms with Crippen molar-refractivity contribution in [3.8, 4) is 0 Å². The molecule has 0 N–H and O–H groups in total. The normalized spacial score (nSPS) is 11.4. The Morgan fingerprint density at radius 3 is 1.84 bits per heavy atom. The van der Waals surface area contributed by atoms with Crippen molar-refractivity contribution in [2.75, 3.05) is 0 Å². The van der Waals surface area contributed by atoms with Crippen LogP contribution >= 0.6 is 0 Å². The Morgan fingerprint density at radius 1 is 0.688 bits per heavy atom. The van der Waals surface area contributed by atoms with E-state index in [1.54, 1.807) is 0 Å². The molecule has 32 heavy (non-hydrogen) atoms. The number of aryl methyl sites for hydroxylation is 1. The van der Waals surface area contributed by atoms with E-state index in [0.29, 0.717) is 5.56 Å². The quantitative estimate of drug-likeness (QED) is 0.235. The monoisotopic (exact) mass is 439 g/mol. The van der Waals surface area contributed by atoms with Gasteiger partial charge in [-0.25, -0.2) is 4.79 Å². The Kier molecular flexibility index (Phi) is 6.48. The zero-order valence-corrected chi connectivity index (χ0v) is 19.4. The lowest BCUT2D eigenvalue weighted by Gasteiger charge is -2.26. The first-order valence-corrected chi connectivity index (χ1v) is 11.9. The van der Waals surface area contributed by atoms with Gasteiger partial charge in [0.2, 0.25) is 0 Å². The van der Waals surface area contributed by atoms with Gasteiger partial charge >= 0.3 is 5.97 Å². The Labute approximate surface area is 193 Å². The van der Waals surface area contributed by atoms with Crippen molar-refractivity contribution in [2.45, 2.75) is 41.1 Å². The van der Waals surface area contributed by atoms with Crippen molar-refractivity contribution >= 4 is 16.9 Å². The van der Waals surface area contributed by atoms with Crippen molar-refractivity contribution in [2.24, 2.45) is 0 Å². The molecule has 0 aliphatic heterocycles. The molecule has 0 bridgehead atoms. The number of carbonyl (C=O) groups excluding carboxylic acids is 1. The Hall–Kier alpha value is -3.30. The lowest BCUT2D eigenvalue weighted by Crippen LogP contribution is -2.25. The van der Waals surface area contributed by atoms with Gasteiger partial charge in [-0.3, -0.25) is 0 Å². The van der Waals surface area contributed by atoms with Gasteiger partial charge in [0.05, 0.1) is 16.5 Å². The first-order chi connectivity index (χ1) is 15.4. The van der Waals surface area contributed by atoms with E-state index in [9.17, 15) is 4.79 Å². The van der Waals surface area contributed by atoms with E-state index < -0.39 is 5.60 Å². The second-order valence-corrected chi connectivity index (χ2v) is 10.3. The van der Waals surface area contributed by atoms with Gasteiger partial charge in [0.1, 0.15) is 5.60 Å². The molecule has 0 amide bonds. The summed E-state index contributed by atoms with van der Waals surface area (Å²) in [7, 11) is -0.311. The molecule has 0 unspecified atom stereocenters. The van der Waals surface area contributed by atoms with Crippen molar-refractivity contribution in [1.82, 2.24) is 0 Å². The fourth-order valence-corrected chi connectivity index (χ4v) is 5.78. The average Bonchev–Trinajstić information content (AvgIpc) is 2.81. The summed E-state index contributed by atoms with van der Waals surface area (Å²) < 4.78 is 5.98. The average molecular weight is 440 g/mol. The molecule has 0 radical (unpaired) electrons. The summed E-state index contributed by atoms with van der Waals surface area (Å²) in [5.41, 5.74) is 1.96. The number of ether oxygens (including phenoxy) is 1. The van der Waals surface area contributed by atoms with Crippen molar-refractivity contribution in [3.05, 3.63) is 126 Å². The number of benzene rings is 4. The smallest absolute Gasteiger partial charge is 0.339 e. The second-order valence-electron chi connectivity index (χ2n) is 8.23. The highest BCUT2D eigenvalue weighted by Crippen LogP contribution is 2.32. The molecular weight excluding hydrogens is 412 g/mol. The van der Waals surface area contributed by atoms with Gasteiger partial charge in [0.25, 0.3) is 0 Å². The molecule has 0 aliphatic rings. The lowest BCUT2D eigenvalue weighted by molar-refractivity contribution is -0.00318. The molecule has 160 valence electrons. The van der Waals surface area contributed by atoms with Crippen LogP contribution in [0.15, 0.2) is 124 Å². The molecule has 0 spiro atoms. The van der Waals surface area contributed by atoms with Crippen LogP contribution in [0.3, 0.4) is 0 Å².